The summed E-state index contributed by atoms with van der Waals surface area (Å²) in [5.41, 5.74) is 1.56. The van der Waals surface area contributed by atoms with Crippen molar-refractivity contribution in [3.8, 4) is 17.1 Å². The molecule has 0 aliphatic heterocycles. The van der Waals surface area contributed by atoms with Crippen molar-refractivity contribution in [2.45, 2.75) is 31.6 Å². The van der Waals surface area contributed by atoms with E-state index in [0.29, 0.717) is 17.1 Å². The average Bonchev–Trinajstić information content (AvgIpc) is 3.08. The molecule has 0 unspecified atom stereocenters. The van der Waals surface area contributed by atoms with Crippen molar-refractivity contribution in [3.05, 3.63) is 48.8 Å². The number of hydrogen-bond acceptors (Lipinski definition) is 4. The lowest BCUT2D eigenvalue weighted by molar-refractivity contribution is -0.0254. The molecular formula is C20H21F2NO3. The smallest absolute Gasteiger partial charge is 0.248 e. The first-order valence-corrected chi connectivity index (χ1v) is 8.63. The largest absolute Gasteiger partial charge is 0.493 e. The first-order chi connectivity index (χ1) is 12.6. The highest BCUT2D eigenvalue weighted by Crippen LogP contribution is 2.30. The molecule has 4 nitrogen and oxygen atoms in total. The Balaban J connectivity index is 1.58. The number of rotatable bonds is 9. The van der Waals surface area contributed by atoms with Crippen LogP contribution in [0.15, 0.2) is 53.2 Å². The molecule has 0 saturated carbocycles. The van der Waals surface area contributed by atoms with E-state index in [9.17, 15) is 8.78 Å². The van der Waals surface area contributed by atoms with Crippen LogP contribution in [0.4, 0.5) is 8.78 Å². The predicted octanol–water partition coefficient (Wildman–Crippen LogP) is 5.06. The van der Waals surface area contributed by atoms with E-state index in [1.807, 2.05) is 24.3 Å². The predicted molar refractivity (Wildman–Crippen MR) is 95.4 cm³/mol. The van der Waals surface area contributed by atoms with Gasteiger partial charge in [-0.2, -0.15) is 0 Å². The summed E-state index contributed by atoms with van der Waals surface area (Å²) < 4.78 is 38.5. The SMILES string of the molecule is OCCCC(F)(F)CCCOc1ccc2cc(-c3cccnc3)oc2c1. The zero-order chi connectivity index (χ0) is 18.4. The summed E-state index contributed by atoms with van der Waals surface area (Å²) in [4.78, 5) is 4.08. The van der Waals surface area contributed by atoms with Crippen LogP contribution in [0.1, 0.15) is 25.7 Å². The third kappa shape index (κ3) is 4.79. The number of pyridine rings is 1. The number of benzene rings is 1. The quantitative estimate of drug-likeness (QED) is 0.541. The number of alkyl halides is 2. The molecule has 3 aromatic rings. The van der Waals surface area contributed by atoms with Crippen molar-refractivity contribution in [1.29, 1.82) is 0 Å². The van der Waals surface area contributed by atoms with Crippen LogP contribution in [-0.4, -0.2) is 29.2 Å². The van der Waals surface area contributed by atoms with Gasteiger partial charge in [-0.25, -0.2) is 8.78 Å². The Morgan fingerprint density at radius 1 is 1.12 bits per heavy atom. The number of aromatic nitrogens is 1. The van der Waals surface area contributed by atoms with Crippen LogP contribution >= 0.6 is 0 Å². The maximum absolute atomic E-state index is 13.5. The fourth-order valence-corrected chi connectivity index (χ4v) is 2.74. The van der Waals surface area contributed by atoms with Crippen molar-refractivity contribution in [2.24, 2.45) is 0 Å². The number of nitrogens with zero attached hydrogens (tertiary/aromatic N) is 1. The average molecular weight is 361 g/mol. The van der Waals surface area contributed by atoms with Gasteiger partial charge < -0.3 is 14.3 Å². The number of aliphatic hydroxyl groups is 1. The minimum atomic E-state index is -2.75. The molecule has 0 aliphatic rings. The molecule has 26 heavy (non-hydrogen) atoms. The summed E-state index contributed by atoms with van der Waals surface area (Å²) in [5, 5.41) is 9.58. The van der Waals surface area contributed by atoms with Crippen LogP contribution in [0.2, 0.25) is 0 Å². The number of furan rings is 1. The van der Waals surface area contributed by atoms with Gasteiger partial charge in [-0.05, 0) is 43.2 Å². The first-order valence-electron chi connectivity index (χ1n) is 8.63. The van der Waals surface area contributed by atoms with E-state index in [0.717, 1.165) is 10.9 Å². The van der Waals surface area contributed by atoms with E-state index in [1.54, 1.807) is 24.5 Å². The molecule has 1 N–H and O–H groups in total. The summed E-state index contributed by atoms with van der Waals surface area (Å²) in [6.07, 6.45) is 3.25. The van der Waals surface area contributed by atoms with Gasteiger partial charge in [0.05, 0.1) is 6.61 Å². The summed E-state index contributed by atoms with van der Waals surface area (Å²) >= 11 is 0. The Kier molecular flexibility index (Phi) is 5.83. The highest BCUT2D eigenvalue weighted by atomic mass is 19.3. The highest BCUT2D eigenvalue weighted by Gasteiger charge is 2.27. The molecule has 0 radical (unpaired) electrons. The van der Waals surface area contributed by atoms with Crippen LogP contribution in [-0.2, 0) is 0 Å². The Bertz CT molecular complexity index is 833. The lowest BCUT2D eigenvalue weighted by atomic mass is 10.1. The zero-order valence-electron chi connectivity index (χ0n) is 14.3. The maximum Gasteiger partial charge on any atom is 0.248 e. The topological polar surface area (TPSA) is 55.5 Å². The maximum atomic E-state index is 13.5. The minimum absolute atomic E-state index is 0.113. The normalized spacial score (nSPS) is 11.8. The Morgan fingerprint density at radius 3 is 2.73 bits per heavy atom. The Labute approximate surface area is 150 Å². The van der Waals surface area contributed by atoms with Crippen molar-refractivity contribution in [3.63, 3.8) is 0 Å². The van der Waals surface area contributed by atoms with Gasteiger partial charge in [-0.1, -0.05) is 0 Å². The van der Waals surface area contributed by atoms with Gasteiger partial charge in [0, 0.05) is 48.9 Å². The monoisotopic (exact) mass is 361 g/mol. The summed E-state index contributed by atoms with van der Waals surface area (Å²) in [6.45, 7) is -0.00727. The lowest BCUT2D eigenvalue weighted by Gasteiger charge is -2.15. The van der Waals surface area contributed by atoms with Gasteiger partial charge in [-0.15, -0.1) is 0 Å². The van der Waals surface area contributed by atoms with Crippen molar-refractivity contribution in [1.82, 2.24) is 4.98 Å². The molecule has 0 saturated heterocycles. The third-order valence-electron chi connectivity index (χ3n) is 4.09. The van der Waals surface area contributed by atoms with Gasteiger partial charge in [0.1, 0.15) is 17.1 Å². The molecule has 3 rings (SSSR count). The fourth-order valence-electron chi connectivity index (χ4n) is 2.74. The highest BCUT2D eigenvalue weighted by molar-refractivity contribution is 5.83. The van der Waals surface area contributed by atoms with Gasteiger partial charge >= 0.3 is 0 Å². The van der Waals surface area contributed by atoms with Crippen molar-refractivity contribution < 1.29 is 23.0 Å². The molecule has 6 heteroatoms. The van der Waals surface area contributed by atoms with Crippen LogP contribution in [0, 0.1) is 0 Å². The second-order valence-electron chi connectivity index (χ2n) is 6.19. The van der Waals surface area contributed by atoms with Gasteiger partial charge in [0.15, 0.2) is 0 Å². The Hall–Kier alpha value is -2.47. The van der Waals surface area contributed by atoms with Crippen molar-refractivity contribution in [2.75, 3.05) is 13.2 Å². The molecule has 0 atom stereocenters. The van der Waals surface area contributed by atoms with Crippen LogP contribution in [0.3, 0.4) is 0 Å². The van der Waals surface area contributed by atoms with Gasteiger partial charge in [-0.3, -0.25) is 4.98 Å². The number of fused-ring (bicyclic) bond motifs is 1. The fraction of sp³-hybridized carbons (Fsp3) is 0.350. The summed E-state index contributed by atoms with van der Waals surface area (Å²) in [7, 11) is 0. The number of halogens is 2. The molecule has 0 fully saturated rings. The first kappa shape index (κ1) is 18.3. The van der Waals surface area contributed by atoms with Crippen LogP contribution in [0.5, 0.6) is 5.75 Å². The minimum Gasteiger partial charge on any atom is -0.493 e. The third-order valence-corrected chi connectivity index (χ3v) is 4.09. The van der Waals surface area contributed by atoms with E-state index in [1.165, 1.54) is 0 Å². The van der Waals surface area contributed by atoms with Gasteiger partial charge in [0.2, 0.25) is 5.92 Å². The van der Waals surface area contributed by atoms with Crippen LogP contribution in [0.25, 0.3) is 22.3 Å². The molecule has 2 heterocycles. The molecular weight excluding hydrogens is 340 g/mol. The molecule has 0 amide bonds. The Morgan fingerprint density at radius 2 is 1.96 bits per heavy atom. The standard InChI is InChI=1S/C20H21F2NO3/c21-20(22,7-2-10-24)8-3-11-25-17-6-5-15-12-18(26-19(15)13-17)16-4-1-9-23-14-16/h1,4-6,9,12-14,24H,2-3,7-8,10-11H2. The molecule has 2 aromatic heterocycles. The van der Waals surface area contributed by atoms with Crippen molar-refractivity contribution >= 4 is 11.0 Å². The van der Waals surface area contributed by atoms with E-state index >= 15 is 0 Å². The second kappa shape index (κ2) is 8.27. The number of aliphatic hydroxyl groups excluding tert-OH is 1. The molecule has 0 spiro atoms. The number of hydrogen-bond donors (Lipinski definition) is 1. The molecule has 138 valence electrons. The van der Waals surface area contributed by atoms with E-state index in [2.05, 4.69) is 4.98 Å². The zero-order valence-corrected chi connectivity index (χ0v) is 14.3. The molecule has 1 aromatic carbocycles. The molecule has 0 aliphatic carbocycles. The number of ether oxygens (including phenoxy) is 1. The lowest BCUT2D eigenvalue weighted by Crippen LogP contribution is -2.17. The van der Waals surface area contributed by atoms with Gasteiger partial charge in [0.25, 0.3) is 0 Å². The second-order valence-corrected chi connectivity index (χ2v) is 6.19. The van der Waals surface area contributed by atoms with E-state index < -0.39 is 5.92 Å². The van der Waals surface area contributed by atoms with E-state index in [4.69, 9.17) is 14.3 Å². The van der Waals surface area contributed by atoms with E-state index in [-0.39, 0.29) is 38.9 Å². The summed E-state index contributed by atoms with van der Waals surface area (Å²) in [5.74, 6) is -1.45. The van der Waals surface area contributed by atoms with Crippen LogP contribution < -0.4 is 4.74 Å². The molecule has 0 bridgehead atoms. The summed E-state index contributed by atoms with van der Waals surface area (Å²) in [6, 6.07) is 11.1.